The number of Topliss-reactive ketones (excluding diaryl/α,β-unsaturated/α-hetero) is 1. The molecule has 3 rings (SSSR count). The number of carbonyl (C=O) groups excluding carboxylic acids is 2. The first-order valence-corrected chi connectivity index (χ1v) is 7.91. The van der Waals surface area contributed by atoms with E-state index in [2.05, 4.69) is 0 Å². The van der Waals surface area contributed by atoms with Crippen LogP contribution in [0.3, 0.4) is 0 Å². The monoisotopic (exact) mass is 330 g/mol. The molecular weight excluding hydrogens is 316 g/mol. The van der Waals surface area contributed by atoms with Crippen LogP contribution in [0.5, 0.6) is 11.5 Å². The molecule has 1 aromatic carbocycles. The molecule has 1 aliphatic rings. The van der Waals surface area contributed by atoms with Crippen LogP contribution in [0.4, 0.5) is 0 Å². The van der Waals surface area contributed by atoms with Gasteiger partial charge in [-0.3, -0.25) is 4.79 Å². The Bertz CT molecular complexity index is 733. The molecule has 0 radical (unpaired) electrons. The van der Waals surface area contributed by atoms with Gasteiger partial charge in [-0.05, 0) is 35.7 Å². The molecule has 0 aliphatic carbocycles. The average molecular weight is 330 g/mol. The second kappa shape index (κ2) is 7.11. The van der Waals surface area contributed by atoms with Gasteiger partial charge in [0, 0.05) is 16.5 Å². The molecule has 0 saturated heterocycles. The van der Waals surface area contributed by atoms with Crippen LogP contribution in [-0.2, 0) is 9.53 Å². The standard InChI is InChI=1S/C17H14O5S/c18-14(11-22-17(19)6-4-13-2-1-9-23-13)12-3-5-15-16(10-12)21-8-7-20-15/h1-6,9-10H,7-8,11H2. The van der Waals surface area contributed by atoms with Crippen molar-refractivity contribution in [2.24, 2.45) is 0 Å². The van der Waals surface area contributed by atoms with E-state index in [1.54, 1.807) is 24.3 Å². The van der Waals surface area contributed by atoms with Crippen LogP contribution in [0.25, 0.3) is 6.08 Å². The van der Waals surface area contributed by atoms with Gasteiger partial charge in [0.1, 0.15) is 13.2 Å². The molecular formula is C17H14O5S. The van der Waals surface area contributed by atoms with Crippen molar-refractivity contribution < 1.29 is 23.8 Å². The summed E-state index contributed by atoms with van der Waals surface area (Å²) in [5, 5.41) is 1.91. The third-order valence-corrected chi connectivity index (χ3v) is 3.97. The zero-order valence-corrected chi connectivity index (χ0v) is 13.0. The fraction of sp³-hybridized carbons (Fsp3) is 0.176. The van der Waals surface area contributed by atoms with Crippen molar-refractivity contribution in [2.75, 3.05) is 19.8 Å². The highest BCUT2D eigenvalue weighted by Gasteiger charge is 2.15. The number of ether oxygens (including phenoxy) is 3. The molecule has 0 saturated carbocycles. The van der Waals surface area contributed by atoms with Crippen LogP contribution >= 0.6 is 11.3 Å². The van der Waals surface area contributed by atoms with E-state index < -0.39 is 5.97 Å². The second-order valence-corrected chi connectivity index (χ2v) is 5.72. The van der Waals surface area contributed by atoms with Crippen molar-refractivity contribution in [2.45, 2.75) is 0 Å². The lowest BCUT2D eigenvalue weighted by molar-refractivity contribution is -0.136. The first-order chi connectivity index (χ1) is 11.2. The second-order valence-electron chi connectivity index (χ2n) is 4.74. The Morgan fingerprint density at radius 3 is 2.78 bits per heavy atom. The van der Waals surface area contributed by atoms with Gasteiger partial charge in [0.15, 0.2) is 23.9 Å². The molecule has 0 fully saturated rings. The Kier molecular flexibility index (Phi) is 4.73. The number of fused-ring (bicyclic) bond motifs is 1. The first-order valence-electron chi connectivity index (χ1n) is 7.03. The number of rotatable bonds is 5. The van der Waals surface area contributed by atoms with Crippen LogP contribution in [0, 0.1) is 0 Å². The molecule has 0 bridgehead atoms. The van der Waals surface area contributed by atoms with Gasteiger partial charge in [-0.1, -0.05) is 6.07 Å². The Hall–Kier alpha value is -2.60. The number of hydrogen-bond donors (Lipinski definition) is 0. The van der Waals surface area contributed by atoms with E-state index in [-0.39, 0.29) is 12.4 Å². The largest absolute Gasteiger partial charge is 0.486 e. The molecule has 5 nitrogen and oxygen atoms in total. The minimum absolute atomic E-state index is 0.292. The van der Waals surface area contributed by atoms with E-state index in [0.29, 0.717) is 30.3 Å². The van der Waals surface area contributed by atoms with Crippen molar-refractivity contribution in [1.82, 2.24) is 0 Å². The minimum Gasteiger partial charge on any atom is -0.486 e. The maximum atomic E-state index is 12.1. The van der Waals surface area contributed by atoms with Crippen molar-refractivity contribution in [3.63, 3.8) is 0 Å². The van der Waals surface area contributed by atoms with Gasteiger partial charge in [-0.15, -0.1) is 11.3 Å². The van der Waals surface area contributed by atoms with Crippen LogP contribution in [-0.4, -0.2) is 31.6 Å². The lowest BCUT2D eigenvalue weighted by Gasteiger charge is -2.18. The summed E-state index contributed by atoms with van der Waals surface area (Å²) in [7, 11) is 0. The van der Waals surface area contributed by atoms with E-state index in [1.165, 1.54) is 17.4 Å². The third-order valence-electron chi connectivity index (χ3n) is 3.14. The molecule has 0 amide bonds. The van der Waals surface area contributed by atoms with Gasteiger partial charge in [-0.2, -0.15) is 0 Å². The normalized spacial score (nSPS) is 13.0. The highest BCUT2D eigenvalue weighted by molar-refractivity contribution is 7.10. The maximum absolute atomic E-state index is 12.1. The molecule has 0 N–H and O–H groups in total. The van der Waals surface area contributed by atoms with Gasteiger partial charge in [0.2, 0.25) is 0 Å². The smallest absolute Gasteiger partial charge is 0.331 e. The molecule has 2 heterocycles. The van der Waals surface area contributed by atoms with Crippen molar-refractivity contribution in [3.8, 4) is 11.5 Å². The van der Waals surface area contributed by atoms with Crippen molar-refractivity contribution in [1.29, 1.82) is 0 Å². The lowest BCUT2D eigenvalue weighted by Crippen LogP contribution is -2.17. The summed E-state index contributed by atoms with van der Waals surface area (Å²) >= 11 is 1.51. The van der Waals surface area contributed by atoms with Gasteiger partial charge >= 0.3 is 5.97 Å². The SMILES string of the molecule is O=C(C=Cc1cccs1)OCC(=O)c1ccc2c(c1)OCCO2. The average Bonchev–Trinajstić information content (AvgIpc) is 3.11. The van der Waals surface area contributed by atoms with Crippen LogP contribution in [0.1, 0.15) is 15.2 Å². The van der Waals surface area contributed by atoms with Crippen LogP contribution < -0.4 is 9.47 Å². The van der Waals surface area contributed by atoms with Gasteiger partial charge in [0.25, 0.3) is 0 Å². The summed E-state index contributed by atoms with van der Waals surface area (Å²) in [5.74, 6) is 0.304. The van der Waals surface area contributed by atoms with E-state index in [1.807, 2.05) is 17.5 Å². The summed E-state index contributed by atoms with van der Waals surface area (Å²) in [5.41, 5.74) is 0.421. The van der Waals surface area contributed by atoms with Crippen LogP contribution in [0.2, 0.25) is 0 Å². The summed E-state index contributed by atoms with van der Waals surface area (Å²) in [4.78, 5) is 24.6. The molecule has 1 aromatic heterocycles. The number of benzene rings is 1. The van der Waals surface area contributed by atoms with E-state index in [4.69, 9.17) is 14.2 Å². The van der Waals surface area contributed by atoms with E-state index >= 15 is 0 Å². The third kappa shape index (κ3) is 3.98. The van der Waals surface area contributed by atoms with Crippen molar-refractivity contribution >= 4 is 29.2 Å². The zero-order valence-electron chi connectivity index (χ0n) is 12.2. The van der Waals surface area contributed by atoms with Gasteiger partial charge in [0.05, 0.1) is 0 Å². The number of esters is 1. The van der Waals surface area contributed by atoms with Crippen molar-refractivity contribution in [3.05, 3.63) is 52.2 Å². The molecule has 0 spiro atoms. The molecule has 6 heteroatoms. The molecule has 118 valence electrons. The minimum atomic E-state index is -0.552. The Morgan fingerprint density at radius 1 is 1.17 bits per heavy atom. The number of hydrogen-bond acceptors (Lipinski definition) is 6. The first kappa shape index (κ1) is 15.3. The topological polar surface area (TPSA) is 61.8 Å². The van der Waals surface area contributed by atoms with Gasteiger partial charge < -0.3 is 14.2 Å². The fourth-order valence-corrected chi connectivity index (χ4v) is 2.64. The fourth-order valence-electron chi connectivity index (χ4n) is 2.02. The predicted molar refractivity (Wildman–Crippen MR) is 86.1 cm³/mol. The molecule has 23 heavy (non-hydrogen) atoms. The molecule has 2 aromatic rings. The number of carbonyl (C=O) groups is 2. The molecule has 1 aliphatic heterocycles. The summed E-state index contributed by atoms with van der Waals surface area (Å²) in [6.07, 6.45) is 2.96. The van der Waals surface area contributed by atoms with E-state index in [9.17, 15) is 9.59 Å². The Labute approximate surface area is 137 Å². The summed E-state index contributed by atoms with van der Waals surface area (Å²) < 4.78 is 15.8. The predicted octanol–water partition coefficient (Wildman–Crippen LogP) is 2.96. The lowest BCUT2D eigenvalue weighted by atomic mass is 10.1. The highest BCUT2D eigenvalue weighted by Crippen LogP contribution is 2.30. The highest BCUT2D eigenvalue weighted by atomic mass is 32.1. The number of ketones is 1. The number of thiophene rings is 1. The zero-order chi connectivity index (χ0) is 16.1. The van der Waals surface area contributed by atoms with Gasteiger partial charge in [-0.25, -0.2) is 4.79 Å². The molecule has 0 unspecified atom stereocenters. The maximum Gasteiger partial charge on any atom is 0.331 e. The quantitative estimate of drug-likeness (QED) is 0.479. The Balaban J connectivity index is 1.56. The summed E-state index contributed by atoms with van der Waals surface area (Å²) in [6, 6.07) is 8.69. The van der Waals surface area contributed by atoms with E-state index in [0.717, 1.165) is 4.88 Å². The Morgan fingerprint density at radius 2 is 2.00 bits per heavy atom. The van der Waals surface area contributed by atoms with Crippen LogP contribution in [0.15, 0.2) is 41.8 Å². The summed E-state index contributed by atoms with van der Waals surface area (Å²) in [6.45, 7) is 0.634. The molecule has 0 atom stereocenters.